The summed E-state index contributed by atoms with van der Waals surface area (Å²) in [5, 5.41) is 9.68. The minimum absolute atomic E-state index is 0.0289. The van der Waals surface area contributed by atoms with Crippen molar-refractivity contribution in [2.75, 3.05) is 13.1 Å². The van der Waals surface area contributed by atoms with Crippen LogP contribution in [0.4, 0.5) is 4.39 Å². The lowest BCUT2D eigenvalue weighted by Crippen LogP contribution is -2.40. The van der Waals surface area contributed by atoms with Crippen LogP contribution in [-0.2, 0) is 4.79 Å². The Labute approximate surface area is 160 Å². The number of halogens is 2. The first-order chi connectivity index (χ1) is 12.5. The topological polar surface area (TPSA) is 57.6 Å². The van der Waals surface area contributed by atoms with Gasteiger partial charge >= 0.3 is 5.97 Å². The summed E-state index contributed by atoms with van der Waals surface area (Å²) in [4.78, 5) is 26.8. The Kier molecular flexibility index (Phi) is 5.84. The van der Waals surface area contributed by atoms with Gasteiger partial charge in [0.05, 0.1) is 11.5 Å². The zero-order chi connectivity index (χ0) is 18.7. The lowest BCUT2D eigenvalue weighted by Gasteiger charge is -2.30. The Morgan fingerprint density at radius 1 is 1.12 bits per heavy atom. The maximum Gasteiger partial charge on any atom is 0.306 e. The van der Waals surface area contributed by atoms with Gasteiger partial charge in [0, 0.05) is 27.9 Å². The van der Waals surface area contributed by atoms with E-state index in [1.54, 1.807) is 24.3 Å². The predicted octanol–water partition coefficient (Wildman–Crippen LogP) is 4.57. The molecular formula is C19H17ClFNO3S. The molecule has 1 aliphatic heterocycles. The summed E-state index contributed by atoms with van der Waals surface area (Å²) in [7, 11) is 0. The molecule has 136 valence electrons. The maximum atomic E-state index is 14.5. The van der Waals surface area contributed by atoms with Gasteiger partial charge in [0.25, 0.3) is 5.91 Å². The molecule has 0 spiro atoms. The lowest BCUT2D eigenvalue weighted by atomic mass is 9.96. The molecular weight excluding hydrogens is 377 g/mol. The number of benzene rings is 2. The second kappa shape index (κ2) is 8.10. The molecule has 1 amide bonds. The molecule has 3 rings (SSSR count). The molecule has 0 saturated carbocycles. The lowest BCUT2D eigenvalue weighted by molar-refractivity contribution is -0.143. The van der Waals surface area contributed by atoms with Crippen molar-refractivity contribution in [1.82, 2.24) is 4.90 Å². The van der Waals surface area contributed by atoms with E-state index in [-0.39, 0.29) is 5.56 Å². The second-order valence-electron chi connectivity index (χ2n) is 6.07. The average Bonchev–Trinajstić information content (AvgIpc) is 2.63. The van der Waals surface area contributed by atoms with E-state index in [9.17, 15) is 14.0 Å². The smallest absolute Gasteiger partial charge is 0.306 e. The molecule has 1 N–H and O–H groups in total. The number of carbonyl (C=O) groups excluding carboxylic acids is 1. The van der Waals surface area contributed by atoms with Crippen LogP contribution in [0.3, 0.4) is 0 Å². The number of piperidine rings is 1. The van der Waals surface area contributed by atoms with Crippen molar-refractivity contribution < 1.29 is 19.1 Å². The van der Waals surface area contributed by atoms with Gasteiger partial charge in [-0.15, -0.1) is 0 Å². The van der Waals surface area contributed by atoms with Gasteiger partial charge < -0.3 is 10.0 Å². The zero-order valence-electron chi connectivity index (χ0n) is 13.8. The molecule has 0 atom stereocenters. The predicted molar refractivity (Wildman–Crippen MR) is 98.2 cm³/mol. The standard InChI is InChI=1S/C19H17ClFNO3S/c20-13-4-6-14(7-5-13)26-16-3-1-2-15(21)17(16)18(23)22-10-8-12(9-11-22)19(24)25/h1-7,12H,8-11H2,(H,24,25). The fraction of sp³-hybridized carbons (Fsp3) is 0.263. The second-order valence-corrected chi connectivity index (χ2v) is 7.63. The molecule has 1 aliphatic rings. The number of likely N-dealkylation sites (tertiary alicyclic amines) is 1. The molecule has 26 heavy (non-hydrogen) atoms. The third kappa shape index (κ3) is 4.19. The SMILES string of the molecule is O=C(O)C1CCN(C(=O)c2c(F)cccc2Sc2ccc(Cl)cc2)CC1. The van der Waals surface area contributed by atoms with E-state index in [1.807, 2.05) is 12.1 Å². The van der Waals surface area contributed by atoms with Gasteiger partial charge in [-0.3, -0.25) is 9.59 Å². The minimum Gasteiger partial charge on any atom is -0.481 e. The Morgan fingerprint density at radius 2 is 1.77 bits per heavy atom. The molecule has 0 aromatic heterocycles. The van der Waals surface area contributed by atoms with Crippen LogP contribution in [0.15, 0.2) is 52.3 Å². The van der Waals surface area contributed by atoms with Crippen LogP contribution < -0.4 is 0 Å². The van der Waals surface area contributed by atoms with Crippen LogP contribution in [0, 0.1) is 11.7 Å². The molecule has 4 nitrogen and oxygen atoms in total. The maximum absolute atomic E-state index is 14.5. The fourth-order valence-corrected chi connectivity index (χ4v) is 4.00. The molecule has 1 saturated heterocycles. The van der Waals surface area contributed by atoms with Gasteiger partial charge in [-0.25, -0.2) is 4.39 Å². The number of rotatable bonds is 4. The van der Waals surface area contributed by atoms with E-state index in [2.05, 4.69) is 0 Å². The third-order valence-electron chi connectivity index (χ3n) is 4.36. The first-order valence-corrected chi connectivity index (χ1v) is 9.39. The van der Waals surface area contributed by atoms with Crippen LogP contribution >= 0.6 is 23.4 Å². The first-order valence-electron chi connectivity index (χ1n) is 8.19. The van der Waals surface area contributed by atoms with Crippen molar-refractivity contribution in [1.29, 1.82) is 0 Å². The van der Waals surface area contributed by atoms with Gasteiger partial charge in [-0.2, -0.15) is 0 Å². The fourth-order valence-electron chi connectivity index (χ4n) is 2.91. The van der Waals surface area contributed by atoms with Crippen LogP contribution in [0.1, 0.15) is 23.2 Å². The molecule has 0 bridgehead atoms. The molecule has 7 heteroatoms. The summed E-state index contributed by atoms with van der Waals surface area (Å²) in [6, 6.07) is 11.6. The minimum atomic E-state index is -0.845. The monoisotopic (exact) mass is 393 g/mol. The Balaban J connectivity index is 1.82. The Bertz CT molecular complexity index is 820. The summed E-state index contributed by atoms with van der Waals surface area (Å²) in [6.07, 6.45) is 0.768. The number of amides is 1. The van der Waals surface area contributed by atoms with Crippen molar-refractivity contribution >= 4 is 35.2 Å². The summed E-state index contributed by atoms with van der Waals surface area (Å²) in [5.74, 6) is -2.26. The third-order valence-corrected chi connectivity index (χ3v) is 5.68. The molecule has 2 aromatic rings. The number of hydrogen-bond acceptors (Lipinski definition) is 3. The van der Waals surface area contributed by atoms with E-state index in [0.29, 0.717) is 35.8 Å². The van der Waals surface area contributed by atoms with Crippen molar-refractivity contribution in [2.24, 2.45) is 5.92 Å². The summed E-state index contributed by atoms with van der Waals surface area (Å²) < 4.78 is 14.5. The number of carboxylic acids is 1. The van der Waals surface area contributed by atoms with E-state index < -0.39 is 23.6 Å². The molecule has 1 heterocycles. The van der Waals surface area contributed by atoms with Gasteiger partial charge in [0.1, 0.15) is 5.82 Å². The molecule has 0 radical (unpaired) electrons. The highest BCUT2D eigenvalue weighted by Gasteiger charge is 2.29. The van der Waals surface area contributed by atoms with Gasteiger partial charge in [-0.05, 0) is 49.2 Å². The number of hydrogen-bond donors (Lipinski definition) is 1. The molecule has 0 aliphatic carbocycles. The normalized spacial score (nSPS) is 15.1. The van der Waals surface area contributed by atoms with E-state index in [0.717, 1.165) is 4.90 Å². The summed E-state index contributed by atoms with van der Waals surface area (Å²) >= 11 is 7.18. The van der Waals surface area contributed by atoms with Crippen LogP contribution in [0.25, 0.3) is 0 Å². The molecule has 2 aromatic carbocycles. The number of carboxylic acid groups (broad SMARTS) is 1. The number of aliphatic carboxylic acids is 1. The number of carbonyl (C=O) groups is 2. The Morgan fingerprint density at radius 3 is 2.38 bits per heavy atom. The van der Waals surface area contributed by atoms with Gasteiger partial charge in [0.15, 0.2) is 0 Å². The van der Waals surface area contributed by atoms with Crippen molar-refractivity contribution in [2.45, 2.75) is 22.6 Å². The largest absolute Gasteiger partial charge is 0.481 e. The van der Waals surface area contributed by atoms with Crippen LogP contribution in [-0.4, -0.2) is 35.0 Å². The van der Waals surface area contributed by atoms with E-state index >= 15 is 0 Å². The van der Waals surface area contributed by atoms with Crippen molar-refractivity contribution in [3.63, 3.8) is 0 Å². The molecule has 1 fully saturated rings. The van der Waals surface area contributed by atoms with Crippen molar-refractivity contribution in [3.05, 3.63) is 58.9 Å². The average molecular weight is 394 g/mol. The zero-order valence-corrected chi connectivity index (χ0v) is 15.4. The van der Waals surface area contributed by atoms with Crippen LogP contribution in [0.5, 0.6) is 0 Å². The van der Waals surface area contributed by atoms with Gasteiger partial charge in [0.2, 0.25) is 0 Å². The highest BCUT2D eigenvalue weighted by molar-refractivity contribution is 7.99. The molecule has 0 unspecified atom stereocenters. The van der Waals surface area contributed by atoms with Crippen molar-refractivity contribution in [3.8, 4) is 0 Å². The Hall–Kier alpha value is -2.05. The summed E-state index contributed by atoms with van der Waals surface area (Å²) in [6.45, 7) is 0.629. The number of nitrogens with zero attached hydrogens (tertiary/aromatic N) is 1. The van der Waals surface area contributed by atoms with E-state index in [1.165, 1.54) is 22.7 Å². The quantitative estimate of drug-likeness (QED) is 0.826. The van der Waals surface area contributed by atoms with Crippen LogP contribution in [0.2, 0.25) is 5.02 Å². The van der Waals surface area contributed by atoms with E-state index in [4.69, 9.17) is 16.7 Å². The first kappa shape index (κ1) is 18.7. The van der Waals surface area contributed by atoms with Gasteiger partial charge in [-0.1, -0.05) is 29.4 Å². The highest BCUT2D eigenvalue weighted by Crippen LogP contribution is 2.33. The summed E-state index contributed by atoms with van der Waals surface area (Å²) in [5.41, 5.74) is 0.0289. The highest BCUT2D eigenvalue weighted by atomic mass is 35.5.